The fourth-order valence-electron chi connectivity index (χ4n) is 1.64. The lowest BCUT2D eigenvalue weighted by Gasteiger charge is -2.14. The molecule has 0 fully saturated rings. The van der Waals surface area contributed by atoms with Crippen LogP contribution in [0.3, 0.4) is 0 Å². The molecule has 0 aromatic heterocycles. The van der Waals surface area contributed by atoms with Gasteiger partial charge in [-0.15, -0.1) is 0 Å². The second-order valence-corrected chi connectivity index (χ2v) is 5.68. The molecule has 5 nitrogen and oxygen atoms in total. The fraction of sp³-hybridized carbons (Fsp3) is 0.529. The number of esters is 1. The Balaban J connectivity index is 2.24. The molecule has 1 aromatic rings. The number of hydrogen-bond acceptors (Lipinski definition) is 4. The van der Waals surface area contributed by atoms with Crippen molar-refractivity contribution >= 4 is 11.9 Å². The Kier molecular flexibility index (Phi) is 7.43. The SMILES string of the molecule is Cc1ccc(OCCC(=O)OC(C)C(=O)NCC(C)C)cc1. The molecule has 1 unspecified atom stereocenters. The normalized spacial score (nSPS) is 11.9. The van der Waals surface area contributed by atoms with Gasteiger partial charge in [0.2, 0.25) is 0 Å². The number of hydrogen-bond donors (Lipinski definition) is 1. The van der Waals surface area contributed by atoms with E-state index < -0.39 is 12.1 Å². The Morgan fingerprint density at radius 3 is 2.36 bits per heavy atom. The van der Waals surface area contributed by atoms with E-state index in [9.17, 15) is 9.59 Å². The summed E-state index contributed by atoms with van der Waals surface area (Å²) < 4.78 is 10.5. The zero-order valence-electron chi connectivity index (χ0n) is 13.7. The molecule has 0 heterocycles. The van der Waals surface area contributed by atoms with Crippen LogP contribution in [0.1, 0.15) is 32.8 Å². The lowest BCUT2D eigenvalue weighted by atomic mass is 10.2. The molecule has 5 heteroatoms. The lowest BCUT2D eigenvalue weighted by molar-refractivity contribution is -0.155. The van der Waals surface area contributed by atoms with Gasteiger partial charge < -0.3 is 14.8 Å². The van der Waals surface area contributed by atoms with Gasteiger partial charge in [-0.1, -0.05) is 31.5 Å². The second kappa shape index (κ2) is 9.07. The highest BCUT2D eigenvalue weighted by Crippen LogP contribution is 2.11. The maximum atomic E-state index is 11.7. The summed E-state index contributed by atoms with van der Waals surface area (Å²) in [5.41, 5.74) is 1.15. The molecule has 0 aliphatic rings. The van der Waals surface area contributed by atoms with Crippen LogP contribution in [-0.2, 0) is 14.3 Å². The van der Waals surface area contributed by atoms with Crippen LogP contribution >= 0.6 is 0 Å². The molecule has 22 heavy (non-hydrogen) atoms. The number of carbonyl (C=O) groups is 2. The minimum absolute atomic E-state index is 0.107. The average molecular weight is 307 g/mol. The van der Waals surface area contributed by atoms with E-state index in [1.807, 2.05) is 45.0 Å². The molecule has 122 valence electrons. The summed E-state index contributed by atoms with van der Waals surface area (Å²) in [7, 11) is 0. The largest absolute Gasteiger partial charge is 0.493 e. The monoisotopic (exact) mass is 307 g/mol. The van der Waals surface area contributed by atoms with E-state index in [4.69, 9.17) is 9.47 Å². The van der Waals surface area contributed by atoms with Crippen LogP contribution in [0.25, 0.3) is 0 Å². The Morgan fingerprint density at radius 2 is 1.77 bits per heavy atom. The van der Waals surface area contributed by atoms with Gasteiger partial charge in [0.1, 0.15) is 5.75 Å². The van der Waals surface area contributed by atoms with Gasteiger partial charge in [0, 0.05) is 6.54 Å². The number of carbonyl (C=O) groups excluding carboxylic acids is 2. The summed E-state index contributed by atoms with van der Waals surface area (Å²) in [6.07, 6.45) is -0.680. The smallest absolute Gasteiger partial charge is 0.310 e. The van der Waals surface area contributed by atoms with Crippen molar-refractivity contribution in [3.05, 3.63) is 29.8 Å². The zero-order valence-corrected chi connectivity index (χ0v) is 13.7. The highest BCUT2D eigenvalue weighted by molar-refractivity contribution is 5.83. The van der Waals surface area contributed by atoms with E-state index in [1.165, 1.54) is 0 Å². The highest BCUT2D eigenvalue weighted by atomic mass is 16.5. The van der Waals surface area contributed by atoms with E-state index >= 15 is 0 Å². The molecular formula is C17H25NO4. The molecule has 0 saturated heterocycles. The Morgan fingerprint density at radius 1 is 1.14 bits per heavy atom. The molecule has 0 aliphatic carbocycles. The van der Waals surface area contributed by atoms with Crippen LogP contribution in [-0.4, -0.2) is 31.1 Å². The van der Waals surface area contributed by atoms with Gasteiger partial charge in [0.25, 0.3) is 5.91 Å². The van der Waals surface area contributed by atoms with E-state index in [0.29, 0.717) is 18.2 Å². The molecule has 1 aromatic carbocycles. The van der Waals surface area contributed by atoms with E-state index in [0.717, 1.165) is 5.56 Å². The standard InChI is InChI=1S/C17H25NO4/c1-12(2)11-18-17(20)14(4)22-16(19)9-10-21-15-7-5-13(3)6-8-15/h5-8,12,14H,9-11H2,1-4H3,(H,18,20). The molecule has 0 saturated carbocycles. The Hall–Kier alpha value is -2.04. The van der Waals surface area contributed by atoms with Crippen LogP contribution in [0, 0.1) is 12.8 Å². The average Bonchev–Trinajstić information content (AvgIpc) is 2.46. The summed E-state index contributed by atoms with van der Waals surface area (Å²) in [5, 5.41) is 2.73. The van der Waals surface area contributed by atoms with E-state index in [-0.39, 0.29) is 18.9 Å². The van der Waals surface area contributed by atoms with Gasteiger partial charge in [0.05, 0.1) is 13.0 Å². The fourth-order valence-corrected chi connectivity index (χ4v) is 1.64. The topological polar surface area (TPSA) is 64.6 Å². The molecule has 1 N–H and O–H groups in total. The number of rotatable bonds is 8. The van der Waals surface area contributed by atoms with Gasteiger partial charge in [-0.2, -0.15) is 0 Å². The number of benzene rings is 1. The van der Waals surface area contributed by atoms with Crippen molar-refractivity contribution in [3.8, 4) is 5.75 Å². The van der Waals surface area contributed by atoms with E-state index in [2.05, 4.69) is 5.32 Å². The van der Waals surface area contributed by atoms with Crippen molar-refractivity contribution in [2.75, 3.05) is 13.2 Å². The van der Waals surface area contributed by atoms with Gasteiger partial charge in [0.15, 0.2) is 6.10 Å². The minimum Gasteiger partial charge on any atom is -0.493 e. The molecule has 1 atom stereocenters. The molecule has 0 bridgehead atoms. The first kappa shape index (κ1) is 18.0. The number of ether oxygens (including phenoxy) is 2. The van der Waals surface area contributed by atoms with Crippen molar-refractivity contribution in [2.24, 2.45) is 5.92 Å². The molecule has 1 amide bonds. The summed E-state index contributed by atoms with van der Waals surface area (Å²) in [5.74, 6) is 0.344. The van der Waals surface area contributed by atoms with Crippen molar-refractivity contribution in [3.63, 3.8) is 0 Å². The number of nitrogens with one attached hydrogen (secondary N) is 1. The van der Waals surface area contributed by atoms with E-state index in [1.54, 1.807) is 6.92 Å². The number of amides is 1. The van der Waals surface area contributed by atoms with Crippen LogP contribution < -0.4 is 10.1 Å². The summed E-state index contributed by atoms with van der Waals surface area (Å²) in [6, 6.07) is 7.58. The summed E-state index contributed by atoms with van der Waals surface area (Å²) >= 11 is 0. The van der Waals surface area contributed by atoms with Crippen molar-refractivity contribution in [1.29, 1.82) is 0 Å². The zero-order chi connectivity index (χ0) is 16.5. The number of aryl methyl sites for hydroxylation is 1. The molecule has 0 radical (unpaired) electrons. The van der Waals surface area contributed by atoms with Crippen molar-refractivity contribution in [2.45, 2.75) is 40.2 Å². The third-order valence-corrected chi connectivity index (χ3v) is 2.96. The first-order chi connectivity index (χ1) is 10.4. The third-order valence-electron chi connectivity index (χ3n) is 2.96. The Labute approximate surface area is 132 Å². The predicted octanol–water partition coefficient (Wildman–Crippen LogP) is 2.47. The summed E-state index contributed by atoms with van der Waals surface area (Å²) in [6.45, 7) is 8.35. The minimum atomic E-state index is -0.786. The molecule has 0 spiro atoms. The predicted molar refractivity (Wildman–Crippen MR) is 84.7 cm³/mol. The molecule has 0 aliphatic heterocycles. The van der Waals surface area contributed by atoms with Crippen molar-refractivity contribution in [1.82, 2.24) is 5.32 Å². The van der Waals surface area contributed by atoms with Crippen LogP contribution in [0.2, 0.25) is 0 Å². The van der Waals surface area contributed by atoms with Gasteiger partial charge >= 0.3 is 5.97 Å². The van der Waals surface area contributed by atoms with Crippen LogP contribution in [0.15, 0.2) is 24.3 Å². The maximum Gasteiger partial charge on any atom is 0.310 e. The van der Waals surface area contributed by atoms with Gasteiger partial charge in [-0.25, -0.2) is 0 Å². The Bertz CT molecular complexity index is 482. The third kappa shape index (κ3) is 7.11. The quantitative estimate of drug-likeness (QED) is 0.749. The first-order valence-electron chi connectivity index (χ1n) is 7.55. The highest BCUT2D eigenvalue weighted by Gasteiger charge is 2.17. The molecule has 1 rings (SSSR count). The lowest BCUT2D eigenvalue weighted by Crippen LogP contribution is -2.37. The second-order valence-electron chi connectivity index (χ2n) is 5.68. The van der Waals surface area contributed by atoms with Gasteiger partial charge in [-0.3, -0.25) is 9.59 Å². The first-order valence-corrected chi connectivity index (χ1v) is 7.55. The van der Waals surface area contributed by atoms with Gasteiger partial charge in [-0.05, 0) is 31.9 Å². The van der Waals surface area contributed by atoms with Crippen molar-refractivity contribution < 1.29 is 19.1 Å². The summed E-state index contributed by atoms with van der Waals surface area (Å²) in [4.78, 5) is 23.3. The maximum absolute atomic E-state index is 11.7. The molecular weight excluding hydrogens is 282 g/mol. The van der Waals surface area contributed by atoms with Crippen LogP contribution in [0.4, 0.5) is 0 Å². The van der Waals surface area contributed by atoms with Crippen LogP contribution in [0.5, 0.6) is 5.75 Å².